The number of phenols is 1. The van der Waals surface area contributed by atoms with Crippen molar-refractivity contribution in [1.29, 1.82) is 0 Å². The highest BCUT2D eigenvalue weighted by Gasteiger charge is 2.32. The zero-order chi connectivity index (χ0) is 36.9. The Morgan fingerprint density at radius 1 is 0.549 bits per heavy atom. The summed E-state index contributed by atoms with van der Waals surface area (Å²) in [6, 6.07) is 22.4. The van der Waals surface area contributed by atoms with Crippen LogP contribution in [0.4, 0.5) is 0 Å². The summed E-state index contributed by atoms with van der Waals surface area (Å²) in [7, 11) is 0. The Kier molecular flexibility index (Phi) is 14.3. The molecule has 0 aromatic heterocycles. The maximum atomic E-state index is 14.0. The van der Waals surface area contributed by atoms with Gasteiger partial charge < -0.3 is 37.2 Å². The zero-order valence-corrected chi connectivity index (χ0v) is 29.4. The quantitative estimate of drug-likeness (QED) is 0.0732. The number of amides is 4. The van der Waals surface area contributed by atoms with Crippen LogP contribution in [0.1, 0.15) is 16.7 Å². The topological polar surface area (TPSA) is 200 Å². The van der Waals surface area contributed by atoms with Crippen molar-refractivity contribution in [2.24, 2.45) is 5.73 Å². The van der Waals surface area contributed by atoms with Crippen molar-refractivity contribution in [2.45, 2.75) is 49.5 Å². The summed E-state index contributed by atoms with van der Waals surface area (Å²) in [4.78, 5) is 65.7. The van der Waals surface area contributed by atoms with Crippen LogP contribution in [0.5, 0.6) is 5.75 Å². The van der Waals surface area contributed by atoms with Gasteiger partial charge in [-0.1, -0.05) is 84.9 Å². The van der Waals surface area contributed by atoms with Crippen molar-refractivity contribution in [3.8, 4) is 5.75 Å². The first kappa shape index (κ1) is 38.7. The second-order valence-corrected chi connectivity index (χ2v) is 12.7. The molecule has 0 spiro atoms. The highest BCUT2D eigenvalue weighted by Crippen LogP contribution is 2.17. The van der Waals surface area contributed by atoms with E-state index in [9.17, 15) is 34.2 Å². The van der Waals surface area contributed by atoms with Gasteiger partial charge in [-0.3, -0.25) is 19.2 Å². The van der Waals surface area contributed by atoms with Gasteiger partial charge in [0.15, 0.2) is 0 Å². The van der Waals surface area contributed by atoms with Crippen molar-refractivity contribution in [1.82, 2.24) is 21.3 Å². The molecule has 8 N–H and O–H groups in total. The number of nitrogens with two attached hydrogens (primary N) is 1. The molecule has 14 heteroatoms. The van der Waals surface area contributed by atoms with Crippen LogP contribution in [-0.2, 0) is 43.2 Å². The number of fused-ring (bicyclic) bond motifs is 1. The molecular formula is C37H41N5O7S2. The molecule has 12 nitrogen and oxygen atoms in total. The number of carboxylic acid groups (broad SMARTS) is 1. The van der Waals surface area contributed by atoms with E-state index in [4.69, 9.17) is 5.73 Å². The maximum Gasteiger partial charge on any atom is 0.327 e. The van der Waals surface area contributed by atoms with Gasteiger partial charge in [0, 0.05) is 24.3 Å². The fourth-order valence-electron chi connectivity index (χ4n) is 5.32. The summed E-state index contributed by atoms with van der Waals surface area (Å²) in [6.45, 7) is 0. The molecule has 0 saturated heterocycles. The molecule has 0 aliphatic heterocycles. The summed E-state index contributed by atoms with van der Waals surface area (Å²) in [6.07, 6.45) is 0.189. The lowest BCUT2D eigenvalue weighted by Crippen LogP contribution is -2.59. The first-order valence-corrected chi connectivity index (χ1v) is 17.4. The minimum atomic E-state index is -1.31. The number of carboxylic acids is 1. The maximum absolute atomic E-state index is 14.0. The Hall–Kier alpha value is -5.05. The van der Waals surface area contributed by atoms with E-state index in [1.807, 2.05) is 42.5 Å². The second kappa shape index (κ2) is 18.8. The number of hydrogen-bond acceptors (Lipinski definition) is 9. The van der Waals surface area contributed by atoms with Crippen LogP contribution in [0.25, 0.3) is 10.8 Å². The van der Waals surface area contributed by atoms with Gasteiger partial charge in [-0.05, 0) is 46.0 Å². The Balaban J connectivity index is 1.54. The number of nitrogens with one attached hydrogen (secondary N) is 4. The van der Waals surface area contributed by atoms with Crippen LogP contribution >= 0.6 is 25.3 Å². The average Bonchev–Trinajstić information content (AvgIpc) is 3.13. The van der Waals surface area contributed by atoms with Crippen molar-refractivity contribution in [3.63, 3.8) is 0 Å². The predicted molar refractivity (Wildman–Crippen MR) is 201 cm³/mol. The molecular weight excluding hydrogens is 691 g/mol. The molecule has 5 atom stereocenters. The number of rotatable bonds is 17. The monoisotopic (exact) mass is 731 g/mol. The fourth-order valence-corrected chi connectivity index (χ4v) is 5.83. The number of aliphatic carboxylic acids is 1. The minimum absolute atomic E-state index is 0.0154. The van der Waals surface area contributed by atoms with Crippen molar-refractivity contribution in [3.05, 3.63) is 114 Å². The summed E-state index contributed by atoms with van der Waals surface area (Å²) in [5.74, 6) is -4.29. The van der Waals surface area contributed by atoms with Gasteiger partial charge in [-0.2, -0.15) is 25.3 Å². The third-order valence-electron chi connectivity index (χ3n) is 8.14. The molecule has 0 bridgehead atoms. The molecule has 4 rings (SSSR count). The number of carbonyl (C=O) groups excluding carboxylic acids is 4. The second-order valence-electron chi connectivity index (χ2n) is 12.0. The van der Waals surface area contributed by atoms with E-state index in [1.54, 1.807) is 42.5 Å². The summed E-state index contributed by atoms with van der Waals surface area (Å²) < 4.78 is 0. The smallest absolute Gasteiger partial charge is 0.327 e. The number of carbonyl (C=O) groups is 5. The number of phenolic OH excluding ortho intramolecular Hbond substituents is 1. The molecule has 0 saturated carbocycles. The zero-order valence-electron chi connectivity index (χ0n) is 27.6. The van der Waals surface area contributed by atoms with Crippen LogP contribution in [-0.4, -0.2) is 81.5 Å². The number of benzene rings is 4. The van der Waals surface area contributed by atoms with E-state index < -0.39 is 59.8 Å². The molecule has 4 aromatic carbocycles. The molecule has 0 heterocycles. The lowest BCUT2D eigenvalue weighted by Gasteiger charge is -2.26. The Morgan fingerprint density at radius 2 is 1.02 bits per heavy atom. The highest BCUT2D eigenvalue weighted by molar-refractivity contribution is 7.80. The molecule has 4 amide bonds. The standard InChI is InChI=1S/C37H41N5O7S2/c38-28(17-23-11-14-27(43)15-12-23)33(44)41-31(20-50)36(47)40-29(18-22-6-2-1-3-7-22)34(45)39-30(35(46)42-32(21-51)37(48)49)19-24-10-13-25-8-4-5-9-26(25)16-24/h1-16,28-32,43,50-51H,17-21,38H2,(H,39,45)(H,40,47)(H,41,44)(H,42,46)(H,48,49)/t28-,29-,30-,31-,32-/m0/s1. The van der Waals surface area contributed by atoms with E-state index in [1.165, 1.54) is 12.1 Å². The summed E-state index contributed by atoms with van der Waals surface area (Å²) in [5.41, 5.74) is 8.22. The Morgan fingerprint density at radius 3 is 1.61 bits per heavy atom. The van der Waals surface area contributed by atoms with Crippen LogP contribution in [0.15, 0.2) is 97.1 Å². The molecule has 51 heavy (non-hydrogen) atoms. The van der Waals surface area contributed by atoms with Crippen LogP contribution < -0.4 is 27.0 Å². The molecule has 0 unspecified atom stereocenters. The van der Waals surface area contributed by atoms with Crippen LogP contribution in [0, 0.1) is 0 Å². The van der Waals surface area contributed by atoms with Crippen LogP contribution in [0.2, 0.25) is 0 Å². The first-order valence-electron chi connectivity index (χ1n) is 16.2. The van der Waals surface area contributed by atoms with Gasteiger partial charge in [-0.15, -0.1) is 0 Å². The van der Waals surface area contributed by atoms with Crippen LogP contribution in [0.3, 0.4) is 0 Å². The van der Waals surface area contributed by atoms with Gasteiger partial charge >= 0.3 is 5.97 Å². The lowest BCUT2D eigenvalue weighted by molar-refractivity contribution is -0.141. The SMILES string of the molecule is N[C@@H](Cc1ccc(O)cc1)C(=O)N[C@@H](CS)C(=O)N[C@@H](Cc1ccccc1)C(=O)N[C@@H](Cc1ccc2ccccc2c1)C(=O)N[C@@H](CS)C(=O)O. The lowest BCUT2D eigenvalue weighted by atomic mass is 9.99. The van der Waals surface area contributed by atoms with Crippen molar-refractivity contribution < 1.29 is 34.2 Å². The van der Waals surface area contributed by atoms with Gasteiger partial charge in [0.05, 0.1) is 6.04 Å². The third kappa shape index (κ3) is 11.5. The molecule has 4 aromatic rings. The Bertz CT molecular complexity index is 1830. The van der Waals surface area contributed by atoms with E-state index in [0.29, 0.717) is 16.7 Å². The molecule has 0 fully saturated rings. The van der Waals surface area contributed by atoms with E-state index in [2.05, 4.69) is 46.5 Å². The largest absolute Gasteiger partial charge is 0.508 e. The number of thiol groups is 2. The van der Waals surface area contributed by atoms with Gasteiger partial charge in [-0.25, -0.2) is 4.79 Å². The molecule has 268 valence electrons. The molecule has 0 aliphatic carbocycles. The summed E-state index contributed by atoms with van der Waals surface area (Å²) in [5, 5.41) is 31.4. The predicted octanol–water partition coefficient (Wildman–Crippen LogP) is 1.78. The van der Waals surface area contributed by atoms with Gasteiger partial charge in [0.25, 0.3) is 0 Å². The van der Waals surface area contributed by atoms with Crippen molar-refractivity contribution in [2.75, 3.05) is 11.5 Å². The number of hydrogen-bond donors (Lipinski definition) is 9. The first-order chi connectivity index (χ1) is 24.5. The van der Waals surface area contributed by atoms with Gasteiger partial charge in [0.1, 0.15) is 29.9 Å². The van der Waals surface area contributed by atoms with E-state index in [-0.39, 0.29) is 36.5 Å². The minimum Gasteiger partial charge on any atom is -0.508 e. The number of aromatic hydroxyl groups is 1. The van der Waals surface area contributed by atoms with Crippen molar-refractivity contribution >= 4 is 65.6 Å². The van der Waals surface area contributed by atoms with E-state index in [0.717, 1.165) is 10.8 Å². The molecule has 0 aliphatic rings. The molecule has 0 radical (unpaired) electrons. The highest BCUT2D eigenvalue weighted by atomic mass is 32.1. The normalized spacial score (nSPS) is 13.9. The average molecular weight is 732 g/mol. The Labute approximate surface area is 306 Å². The van der Waals surface area contributed by atoms with E-state index >= 15 is 0 Å². The fraction of sp³-hybridized carbons (Fsp3) is 0.270. The third-order valence-corrected chi connectivity index (χ3v) is 8.87. The van der Waals surface area contributed by atoms with Gasteiger partial charge in [0.2, 0.25) is 23.6 Å². The summed E-state index contributed by atoms with van der Waals surface area (Å²) >= 11 is 8.29.